The van der Waals surface area contributed by atoms with Crippen molar-refractivity contribution in [2.24, 2.45) is 0 Å². The Morgan fingerprint density at radius 3 is 2.76 bits per heavy atom. The van der Waals surface area contributed by atoms with Crippen LogP contribution in [0, 0.1) is 6.92 Å². The van der Waals surface area contributed by atoms with E-state index in [9.17, 15) is 14.4 Å². The van der Waals surface area contributed by atoms with E-state index in [4.69, 9.17) is 11.6 Å². The molecule has 0 aromatic heterocycles. The summed E-state index contributed by atoms with van der Waals surface area (Å²) in [5.74, 6) is -0.787. The van der Waals surface area contributed by atoms with Crippen LogP contribution in [-0.2, 0) is 27.3 Å². The van der Waals surface area contributed by atoms with Gasteiger partial charge in [-0.05, 0) is 36.1 Å². The molecular weight excluding hydrogens is 292 g/mol. The molecule has 0 aliphatic carbocycles. The normalized spacial score (nSPS) is 22.1. The minimum atomic E-state index is -0.567. The lowest BCUT2D eigenvalue weighted by Gasteiger charge is -2.36. The number of carbonyl (C=O) groups excluding carboxylic acids is 3. The molecule has 1 aromatic carbocycles. The summed E-state index contributed by atoms with van der Waals surface area (Å²) in [6, 6.07) is 3.27. The van der Waals surface area contributed by atoms with Crippen LogP contribution >= 0.6 is 11.6 Å². The Kier molecular flexibility index (Phi) is 3.45. The minimum absolute atomic E-state index is 0.122. The molecule has 3 rings (SSSR count). The summed E-state index contributed by atoms with van der Waals surface area (Å²) < 4.78 is 0. The molecule has 1 unspecified atom stereocenters. The average Bonchev–Trinajstić information content (AvgIpc) is 2.39. The Bertz CT molecular complexity index is 657. The molecule has 0 radical (unpaired) electrons. The number of hydrogen-bond acceptors (Lipinski definition) is 3. The fourth-order valence-electron chi connectivity index (χ4n) is 2.97. The minimum Gasteiger partial charge on any atom is -0.326 e. The second-order valence-electron chi connectivity index (χ2n) is 5.55. The highest BCUT2D eigenvalue weighted by Crippen LogP contribution is 2.30. The molecule has 1 aromatic rings. The summed E-state index contributed by atoms with van der Waals surface area (Å²) in [6.07, 6.45) is 0.846. The van der Waals surface area contributed by atoms with Gasteiger partial charge in [0, 0.05) is 18.0 Å². The van der Waals surface area contributed by atoms with Crippen LogP contribution in [0.2, 0.25) is 5.02 Å². The molecule has 2 aliphatic rings. The van der Waals surface area contributed by atoms with Crippen molar-refractivity contribution >= 4 is 29.3 Å². The van der Waals surface area contributed by atoms with Crippen molar-refractivity contribution in [2.45, 2.75) is 38.8 Å². The number of benzene rings is 1. The summed E-state index contributed by atoms with van der Waals surface area (Å²) >= 11 is 6.20. The number of nitrogens with zero attached hydrogens (tertiary/aromatic N) is 1. The van der Waals surface area contributed by atoms with Gasteiger partial charge in [-0.15, -0.1) is 0 Å². The van der Waals surface area contributed by atoms with Gasteiger partial charge in [0.2, 0.25) is 17.7 Å². The number of fused-ring (bicyclic) bond motifs is 1. The van der Waals surface area contributed by atoms with Crippen LogP contribution in [0.25, 0.3) is 0 Å². The number of carbonyl (C=O) groups is 3. The molecule has 3 amide bonds. The topological polar surface area (TPSA) is 66.5 Å². The van der Waals surface area contributed by atoms with E-state index in [1.54, 1.807) is 4.90 Å². The molecule has 2 heterocycles. The molecule has 21 heavy (non-hydrogen) atoms. The Morgan fingerprint density at radius 2 is 2.05 bits per heavy atom. The Morgan fingerprint density at radius 1 is 1.29 bits per heavy atom. The van der Waals surface area contributed by atoms with E-state index in [2.05, 4.69) is 5.32 Å². The summed E-state index contributed by atoms with van der Waals surface area (Å²) in [7, 11) is 0. The number of amides is 3. The summed E-state index contributed by atoms with van der Waals surface area (Å²) in [5.41, 5.74) is 2.84. The van der Waals surface area contributed by atoms with Gasteiger partial charge >= 0.3 is 0 Å². The maximum Gasteiger partial charge on any atom is 0.249 e. The summed E-state index contributed by atoms with van der Waals surface area (Å²) in [6.45, 7) is 2.31. The zero-order valence-electron chi connectivity index (χ0n) is 11.6. The predicted molar refractivity (Wildman–Crippen MR) is 76.6 cm³/mol. The standard InChI is InChI=1S/C15H15ClN2O3/c1-8-4-9-7-18(12-2-3-13(19)17-15(12)21)14(20)6-10(9)11(16)5-8/h4-5,12H,2-3,6-7H2,1H3,(H,17,19,21). The first-order valence-corrected chi connectivity index (χ1v) is 7.24. The van der Waals surface area contributed by atoms with E-state index >= 15 is 0 Å². The molecule has 1 saturated heterocycles. The van der Waals surface area contributed by atoms with Gasteiger partial charge in [-0.1, -0.05) is 17.7 Å². The second kappa shape index (κ2) is 5.15. The van der Waals surface area contributed by atoms with Crippen LogP contribution in [0.15, 0.2) is 12.1 Å². The number of aryl methyl sites for hydroxylation is 1. The Labute approximate surface area is 127 Å². The number of imide groups is 1. The molecule has 0 spiro atoms. The third-order valence-electron chi connectivity index (χ3n) is 4.01. The van der Waals surface area contributed by atoms with Gasteiger partial charge < -0.3 is 4.90 Å². The van der Waals surface area contributed by atoms with Gasteiger partial charge in [-0.3, -0.25) is 19.7 Å². The molecule has 5 nitrogen and oxygen atoms in total. The maximum absolute atomic E-state index is 12.3. The molecule has 1 N–H and O–H groups in total. The fourth-order valence-corrected chi connectivity index (χ4v) is 3.33. The van der Waals surface area contributed by atoms with Crippen molar-refractivity contribution in [3.8, 4) is 0 Å². The quantitative estimate of drug-likeness (QED) is 0.796. The molecule has 0 bridgehead atoms. The number of nitrogens with one attached hydrogen (secondary N) is 1. The molecule has 0 saturated carbocycles. The molecule has 1 atom stereocenters. The lowest BCUT2D eigenvalue weighted by molar-refractivity contribution is -0.146. The number of piperidine rings is 1. The van der Waals surface area contributed by atoms with Crippen molar-refractivity contribution in [3.63, 3.8) is 0 Å². The number of hydrogen-bond donors (Lipinski definition) is 1. The summed E-state index contributed by atoms with van der Waals surface area (Å²) in [5, 5.41) is 2.89. The van der Waals surface area contributed by atoms with E-state index in [0.29, 0.717) is 18.0 Å². The zero-order chi connectivity index (χ0) is 15.1. The van der Waals surface area contributed by atoms with Crippen LogP contribution in [0.4, 0.5) is 0 Å². The van der Waals surface area contributed by atoms with Crippen LogP contribution in [-0.4, -0.2) is 28.7 Å². The fraction of sp³-hybridized carbons (Fsp3) is 0.400. The zero-order valence-corrected chi connectivity index (χ0v) is 12.4. The van der Waals surface area contributed by atoms with Crippen molar-refractivity contribution in [1.82, 2.24) is 10.2 Å². The lowest BCUT2D eigenvalue weighted by atomic mass is 9.94. The van der Waals surface area contributed by atoms with Crippen molar-refractivity contribution in [2.75, 3.05) is 0 Å². The van der Waals surface area contributed by atoms with E-state index < -0.39 is 6.04 Å². The van der Waals surface area contributed by atoms with Gasteiger partial charge in [-0.2, -0.15) is 0 Å². The first-order valence-electron chi connectivity index (χ1n) is 6.87. The smallest absolute Gasteiger partial charge is 0.249 e. The van der Waals surface area contributed by atoms with E-state index in [1.807, 2.05) is 19.1 Å². The third kappa shape index (κ3) is 2.53. The van der Waals surface area contributed by atoms with Gasteiger partial charge in [0.1, 0.15) is 6.04 Å². The maximum atomic E-state index is 12.3. The SMILES string of the molecule is Cc1cc(Cl)c2c(c1)CN(C1CCC(=O)NC1=O)C(=O)C2. The van der Waals surface area contributed by atoms with E-state index in [0.717, 1.165) is 16.7 Å². The second-order valence-corrected chi connectivity index (χ2v) is 5.96. The van der Waals surface area contributed by atoms with Crippen molar-refractivity contribution in [3.05, 3.63) is 33.8 Å². The largest absolute Gasteiger partial charge is 0.326 e. The van der Waals surface area contributed by atoms with Crippen LogP contribution < -0.4 is 5.32 Å². The lowest BCUT2D eigenvalue weighted by Crippen LogP contribution is -2.55. The van der Waals surface area contributed by atoms with E-state index in [-0.39, 0.29) is 30.6 Å². The van der Waals surface area contributed by atoms with Gasteiger partial charge in [0.05, 0.1) is 6.42 Å². The van der Waals surface area contributed by atoms with Crippen molar-refractivity contribution in [1.29, 1.82) is 0 Å². The van der Waals surface area contributed by atoms with Gasteiger partial charge in [-0.25, -0.2) is 0 Å². The van der Waals surface area contributed by atoms with Crippen LogP contribution in [0.3, 0.4) is 0 Å². The number of halogens is 1. The average molecular weight is 307 g/mol. The van der Waals surface area contributed by atoms with Crippen LogP contribution in [0.5, 0.6) is 0 Å². The number of rotatable bonds is 1. The van der Waals surface area contributed by atoms with E-state index in [1.165, 1.54) is 0 Å². The monoisotopic (exact) mass is 306 g/mol. The van der Waals surface area contributed by atoms with Crippen LogP contribution in [0.1, 0.15) is 29.5 Å². The first kappa shape index (κ1) is 14.1. The molecule has 2 aliphatic heterocycles. The molecule has 110 valence electrons. The van der Waals surface area contributed by atoms with Gasteiger partial charge in [0.15, 0.2) is 0 Å². The highest BCUT2D eigenvalue weighted by Gasteiger charge is 2.37. The third-order valence-corrected chi connectivity index (χ3v) is 4.34. The highest BCUT2D eigenvalue weighted by molar-refractivity contribution is 6.31. The highest BCUT2D eigenvalue weighted by atomic mass is 35.5. The first-order chi connectivity index (χ1) is 9.95. The predicted octanol–water partition coefficient (Wildman–Crippen LogP) is 1.34. The summed E-state index contributed by atoms with van der Waals surface area (Å²) in [4.78, 5) is 37.0. The molecule has 1 fully saturated rings. The van der Waals surface area contributed by atoms with Crippen molar-refractivity contribution < 1.29 is 14.4 Å². The Hall–Kier alpha value is -1.88. The van der Waals surface area contributed by atoms with Gasteiger partial charge in [0.25, 0.3) is 0 Å². The molecular formula is C15H15ClN2O3. The molecule has 6 heteroatoms. The Balaban J connectivity index is 1.90.